The Hall–Kier alpha value is -3.04. The number of pyridine rings is 1. The molecule has 166 valence electrons. The number of hydrogen-bond donors (Lipinski definition) is 1. The average Bonchev–Trinajstić information content (AvgIpc) is 3.38. The molecule has 2 aliphatic rings. The molecule has 3 aromatic rings. The lowest BCUT2D eigenvalue weighted by molar-refractivity contribution is -0.135. The van der Waals surface area contributed by atoms with E-state index in [4.69, 9.17) is 14.6 Å². The number of rotatable bonds is 7. The Morgan fingerprint density at radius 2 is 2.25 bits per heavy atom. The maximum absolute atomic E-state index is 13.3. The largest absolute Gasteiger partial charge is 0.490 e. The van der Waals surface area contributed by atoms with Crippen molar-refractivity contribution in [1.29, 1.82) is 0 Å². The van der Waals surface area contributed by atoms with Gasteiger partial charge in [0.1, 0.15) is 18.3 Å². The van der Waals surface area contributed by atoms with E-state index >= 15 is 0 Å². The standard InChI is InChI=1S/C23H25N5O3S/c1-2-30-15-18(19-5-3-4-8-24-19)23(29)27-12-16-13-28(26-21(16)14-27)32-17-6-7-22-20(11-17)25-9-10-31-22/h3-8,11,13,18,25H,2,9-10,12,14-15H2,1H3. The van der Waals surface area contributed by atoms with Crippen LogP contribution >= 0.6 is 11.9 Å². The van der Waals surface area contributed by atoms with Crippen molar-refractivity contribution in [3.05, 3.63) is 65.7 Å². The van der Waals surface area contributed by atoms with Gasteiger partial charge in [-0.15, -0.1) is 0 Å². The summed E-state index contributed by atoms with van der Waals surface area (Å²) in [5, 5.41) is 8.07. The van der Waals surface area contributed by atoms with Crippen LogP contribution in [-0.4, -0.2) is 51.3 Å². The van der Waals surface area contributed by atoms with Gasteiger partial charge in [0.05, 0.1) is 30.2 Å². The van der Waals surface area contributed by atoms with Crippen LogP contribution in [0.3, 0.4) is 0 Å². The first-order valence-electron chi connectivity index (χ1n) is 10.7. The molecule has 4 heterocycles. The number of nitrogens with zero attached hydrogens (tertiary/aromatic N) is 4. The number of aromatic nitrogens is 3. The second kappa shape index (κ2) is 9.22. The predicted molar refractivity (Wildman–Crippen MR) is 122 cm³/mol. The molecule has 0 bridgehead atoms. The lowest BCUT2D eigenvalue weighted by atomic mass is 10.0. The van der Waals surface area contributed by atoms with Crippen LogP contribution < -0.4 is 10.1 Å². The fourth-order valence-electron chi connectivity index (χ4n) is 3.94. The zero-order valence-corrected chi connectivity index (χ0v) is 18.7. The normalized spacial score (nSPS) is 15.5. The molecule has 0 aliphatic carbocycles. The first-order valence-corrected chi connectivity index (χ1v) is 11.5. The summed E-state index contributed by atoms with van der Waals surface area (Å²) >= 11 is 1.55. The second-order valence-electron chi connectivity index (χ2n) is 7.69. The molecule has 1 aromatic carbocycles. The number of anilines is 1. The van der Waals surface area contributed by atoms with Crippen LogP contribution in [0.25, 0.3) is 0 Å². The summed E-state index contributed by atoms with van der Waals surface area (Å²) in [7, 11) is 0. The van der Waals surface area contributed by atoms with Crippen LogP contribution in [0.4, 0.5) is 5.69 Å². The summed E-state index contributed by atoms with van der Waals surface area (Å²) in [5.74, 6) is 0.495. The highest BCUT2D eigenvalue weighted by atomic mass is 32.2. The summed E-state index contributed by atoms with van der Waals surface area (Å²) in [5.41, 5.74) is 3.75. The number of amides is 1. The Labute approximate surface area is 191 Å². The van der Waals surface area contributed by atoms with Crippen molar-refractivity contribution < 1.29 is 14.3 Å². The topological polar surface area (TPSA) is 81.5 Å². The molecular formula is C23H25N5O3S. The van der Waals surface area contributed by atoms with Crippen molar-refractivity contribution in [1.82, 2.24) is 19.1 Å². The monoisotopic (exact) mass is 451 g/mol. The number of carbonyl (C=O) groups is 1. The van der Waals surface area contributed by atoms with Crippen molar-refractivity contribution in [3.8, 4) is 5.75 Å². The molecule has 2 aromatic heterocycles. The van der Waals surface area contributed by atoms with Crippen LogP contribution in [0.15, 0.2) is 53.7 Å². The van der Waals surface area contributed by atoms with Crippen LogP contribution in [0.2, 0.25) is 0 Å². The molecule has 2 aliphatic heterocycles. The van der Waals surface area contributed by atoms with Gasteiger partial charge < -0.3 is 19.7 Å². The molecule has 32 heavy (non-hydrogen) atoms. The highest BCUT2D eigenvalue weighted by Crippen LogP contribution is 2.34. The molecule has 8 nitrogen and oxygen atoms in total. The summed E-state index contributed by atoms with van der Waals surface area (Å²) in [4.78, 5) is 20.6. The number of carbonyl (C=O) groups excluding carboxylic acids is 1. The molecule has 5 rings (SSSR count). The minimum Gasteiger partial charge on any atom is -0.490 e. The van der Waals surface area contributed by atoms with Crippen LogP contribution in [-0.2, 0) is 22.6 Å². The number of ether oxygens (including phenoxy) is 2. The van der Waals surface area contributed by atoms with Crippen LogP contribution in [0.1, 0.15) is 29.8 Å². The van der Waals surface area contributed by atoms with E-state index in [-0.39, 0.29) is 5.91 Å². The Balaban J connectivity index is 1.26. The van der Waals surface area contributed by atoms with Gasteiger partial charge in [-0.05, 0) is 37.3 Å². The second-order valence-corrected chi connectivity index (χ2v) is 8.72. The van der Waals surface area contributed by atoms with Gasteiger partial charge in [-0.3, -0.25) is 9.78 Å². The minimum atomic E-state index is -0.410. The van der Waals surface area contributed by atoms with E-state index in [2.05, 4.69) is 16.4 Å². The van der Waals surface area contributed by atoms with Crippen molar-refractivity contribution in [2.24, 2.45) is 0 Å². The SMILES string of the molecule is CCOCC(C(=O)N1Cc2cn(Sc3ccc4c(c3)NCCO4)nc2C1)c1ccccn1. The molecule has 9 heteroatoms. The van der Waals surface area contributed by atoms with Gasteiger partial charge in [-0.2, -0.15) is 5.10 Å². The van der Waals surface area contributed by atoms with Crippen molar-refractivity contribution in [2.45, 2.75) is 30.8 Å². The Morgan fingerprint density at radius 3 is 3.06 bits per heavy atom. The summed E-state index contributed by atoms with van der Waals surface area (Å²) in [6.45, 7) is 5.35. The number of hydrogen-bond acceptors (Lipinski definition) is 7. The zero-order chi connectivity index (χ0) is 21.9. The van der Waals surface area contributed by atoms with Gasteiger partial charge >= 0.3 is 0 Å². The molecule has 0 fully saturated rings. The van der Waals surface area contributed by atoms with E-state index in [1.165, 1.54) is 0 Å². The fraction of sp³-hybridized carbons (Fsp3) is 0.348. The number of nitrogens with one attached hydrogen (secondary N) is 1. The van der Waals surface area contributed by atoms with E-state index in [0.29, 0.717) is 32.9 Å². The fourth-order valence-corrected chi connectivity index (χ4v) is 4.77. The molecule has 0 spiro atoms. The molecule has 1 N–H and O–H groups in total. The predicted octanol–water partition coefficient (Wildman–Crippen LogP) is 3.30. The molecule has 0 radical (unpaired) electrons. The van der Waals surface area contributed by atoms with Crippen LogP contribution in [0, 0.1) is 0 Å². The summed E-state index contributed by atoms with van der Waals surface area (Å²) in [6.07, 6.45) is 3.72. The molecular weight excluding hydrogens is 426 g/mol. The van der Waals surface area contributed by atoms with Gasteiger partial charge in [0, 0.05) is 54.5 Å². The van der Waals surface area contributed by atoms with E-state index in [0.717, 1.165) is 39.8 Å². The van der Waals surface area contributed by atoms with Gasteiger partial charge in [0.2, 0.25) is 5.91 Å². The summed E-state index contributed by atoms with van der Waals surface area (Å²) in [6, 6.07) is 11.7. The minimum absolute atomic E-state index is 0.0233. The molecule has 1 amide bonds. The molecule has 0 saturated carbocycles. The number of fused-ring (bicyclic) bond motifs is 2. The molecule has 1 unspecified atom stereocenters. The molecule has 1 atom stereocenters. The van der Waals surface area contributed by atoms with Crippen molar-refractivity contribution in [3.63, 3.8) is 0 Å². The zero-order valence-electron chi connectivity index (χ0n) is 17.9. The third kappa shape index (κ3) is 4.31. The third-order valence-electron chi connectivity index (χ3n) is 5.53. The van der Waals surface area contributed by atoms with Gasteiger partial charge in [0.15, 0.2) is 0 Å². The van der Waals surface area contributed by atoms with E-state index in [1.807, 2.05) is 52.4 Å². The Bertz CT molecular complexity index is 1080. The summed E-state index contributed by atoms with van der Waals surface area (Å²) < 4.78 is 13.1. The van der Waals surface area contributed by atoms with E-state index < -0.39 is 5.92 Å². The first-order chi connectivity index (χ1) is 15.7. The van der Waals surface area contributed by atoms with Crippen LogP contribution in [0.5, 0.6) is 5.75 Å². The lowest BCUT2D eigenvalue weighted by Crippen LogP contribution is -2.33. The van der Waals surface area contributed by atoms with Gasteiger partial charge in [-0.25, -0.2) is 4.09 Å². The molecule has 0 saturated heterocycles. The van der Waals surface area contributed by atoms with Crippen molar-refractivity contribution >= 4 is 23.5 Å². The quantitative estimate of drug-likeness (QED) is 0.590. The van der Waals surface area contributed by atoms with Crippen molar-refractivity contribution in [2.75, 3.05) is 31.7 Å². The van der Waals surface area contributed by atoms with Gasteiger partial charge in [0.25, 0.3) is 0 Å². The first kappa shape index (κ1) is 20.8. The smallest absolute Gasteiger partial charge is 0.234 e. The number of benzene rings is 1. The Kier molecular flexibility index (Phi) is 6.00. The van der Waals surface area contributed by atoms with E-state index in [9.17, 15) is 4.79 Å². The van der Waals surface area contributed by atoms with Gasteiger partial charge in [-0.1, -0.05) is 6.07 Å². The average molecular weight is 452 g/mol. The lowest BCUT2D eigenvalue weighted by Gasteiger charge is -2.23. The maximum Gasteiger partial charge on any atom is 0.234 e. The van der Waals surface area contributed by atoms with E-state index in [1.54, 1.807) is 18.1 Å². The highest BCUT2D eigenvalue weighted by Gasteiger charge is 2.32. The maximum atomic E-state index is 13.3. The highest BCUT2D eigenvalue weighted by molar-refractivity contribution is 7.97. The third-order valence-corrected chi connectivity index (χ3v) is 6.37. The Morgan fingerprint density at radius 1 is 1.31 bits per heavy atom.